The maximum Gasteiger partial charge on any atom is 0.339 e. The molecule has 0 bridgehead atoms. The van der Waals surface area contributed by atoms with E-state index < -0.39 is 5.97 Å². The Morgan fingerprint density at radius 3 is 2.32 bits per heavy atom. The number of carbonyl (C=O) groups is 2. The van der Waals surface area contributed by atoms with Crippen LogP contribution >= 0.6 is 0 Å². The maximum absolute atomic E-state index is 12.9. The highest BCUT2D eigenvalue weighted by Crippen LogP contribution is 2.25. The zero-order chi connectivity index (χ0) is 22.1. The van der Waals surface area contributed by atoms with E-state index in [1.807, 2.05) is 85.8 Å². The molecule has 1 N–H and O–H groups in total. The smallest absolute Gasteiger partial charge is 0.339 e. The molecule has 3 aromatic carbocycles. The number of benzene rings is 3. The van der Waals surface area contributed by atoms with Crippen LogP contribution in [0.3, 0.4) is 0 Å². The third kappa shape index (κ3) is 6.06. The zero-order valence-corrected chi connectivity index (χ0v) is 17.6. The Balaban J connectivity index is 1.71. The van der Waals surface area contributed by atoms with Crippen molar-refractivity contribution in [2.24, 2.45) is 0 Å². The van der Waals surface area contributed by atoms with E-state index in [4.69, 9.17) is 9.47 Å². The normalized spacial score (nSPS) is 11.0. The Kier molecular flexibility index (Phi) is 7.60. The summed E-state index contributed by atoms with van der Waals surface area (Å²) in [6.45, 7) is 2.00. The standard InChI is InChI=1S/C26H25NO4/c1-19-10-6-7-14-22(19)17-27-25(28)18-31-26(29)23(20-11-4-3-5-12-20)16-21-13-8-9-15-24(21)30-2/h3-16H,17-18H2,1-2H3,(H,27,28)/b23-16+. The second-order valence-electron chi connectivity index (χ2n) is 6.95. The molecule has 0 heterocycles. The molecule has 0 fully saturated rings. The van der Waals surface area contributed by atoms with E-state index in [1.54, 1.807) is 13.2 Å². The minimum Gasteiger partial charge on any atom is -0.496 e. The summed E-state index contributed by atoms with van der Waals surface area (Å²) < 4.78 is 10.7. The first kappa shape index (κ1) is 21.8. The van der Waals surface area contributed by atoms with E-state index >= 15 is 0 Å². The molecule has 3 aromatic rings. The van der Waals surface area contributed by atoms with Crippen LogP contribution in [0.2, 0.25) is 0 Å². The summed E-state index contributed by atoms with van der Waals surface area (Å²) >= 11 is 0. The minimum absolute atomic E-state index is 0.344. The molecule has 0 unspecified atom stereocenters. The number of amides is 1. The molecular formula is C26H25NO4. The topological polar surface area (TPSA) is 64.6 Å². The summed E-state index contributed by atoms with van der Waals surface area (Å²) in [6.07, 6.45) is 1.71. The zero-order valence-electron chi connectivity index (χ0n) is 17.6. The number of carbonyl (C=O) groups excluding carboxylic acids is 2. The van der Waals surface area contributed by atoms with Crippen LogP contribution in [0, 0.1) is 6.92 Å². The first-order chi connectivity index (χ1) is 15.1. The van der Waals surface area contributed by atoms with E-state index in [0.29, 0.717) is 23.4 Å². The molecule has 0 aromatic heterocycles. The van der Waals surface area contributed by atoms with Gasteiger partial charge in [0.15, 0.2) is 6.61 Å². The number of rotatable bonds is 8. The lowest BCUT2D eigenvalue weighted by Crippen LogP contribution is -2.28. The summed E-state index contributed by atoms with van der Waals surface area (Å²) in [7, 11) is 1.58. The Bertz CT molecular complexity index is 1070. The third-order valence-corrected chi connectivity index (χ3v) is 4.82. The summed E-state index contributed by atoms with van der Waals surface area (Å²) in [5.41, 5.74) is 3.88. The van der Waals surface area contributed by atoms with Gasteiger partial charge in [0.05, 0.1) is 12.7 Å². The number of methoxy groups -OCH3 is 1. The third-order valence-electron chi connectivity index (χ3n) is 4.82. The Hall–Kier alpha value is -3.86. The molecule has 0 saturated heterocycles. The second-order valence-corrected chi connectivity index (χ2v) is 6.95. The first-order valence-corrected chi connectivity index (χ1v) is 9.97. The van der Waals surface area contributed by atoms with Crippen LogP contribution < -0.4 is 10.1 Å². The summed E-state index contributed by atoms with van der Waals surface area (Å²) in [4.78, 5) is 25.1. The lowest BCUT2D eigenvalue weighted by atomic mass is 10.0. The molecule has 0 aliphatic rings. The van der Waals surface area contributed by atoms with Gasteiger partial charge in [0.2, 0.25) is 0 Å². The van der Waals surface area contributed by atoms with Crippen LogP contribution in [-0.2, 0) is 20.9 Å². The number of esters is 1. The van der Waals surface area contributed by atoms with E-state index in [9.17, 15) is 9.59 Å². The van der Waals surface area contributed by atoms with Gasteiger partial charge in [0.1, 0.15) is 5.75 Å². The molecule has 5 nitrogen and oxygen atoms in total. The van der Waals surface area contributed by atoms with Gasteiger partial charge in [0.25, 0.3) is 5.91 Å². The molecular weight excluding hydrogens is 390 g/mol. The van der Waals surface area contributed by atoms with Crippen molar-refractivity contribution < 1.29 is 19.1 Å². The van der Waals surface area contributed by atoms with Crippen LogP contribution in [0.5, 0.6) is 5.75 Å². The van der Waals surface area contributed by atoms with Crippen molar-refractivity contribution in [2.45, 2.75) is 13.5 Å². The highest BCUT2D eigenvalue weighted by molar-refractivity contribution is 6.22. The quantitative estimate of drug-likeness (QED) is 0.336. The van der Waals surface area contributed by atoms with Gasteiger partial charge >= 0.3 is 5.97 Å². The maximum atomic E-state index is 12.9. The Morgan fingerprint density at radius 1 is 0.903 bits per heavy atom. The molecule has 1 amide bonds. The predicted octanol–water partition coefficient (Wildman–Crippen LogP) is 4.40. The molecule has 0 spiro atoms. The van der Waals surface area contributed by atoms with Gasteiger partial charge in [-0.15, -0.1) is 0 Å². The van der Waals surface area contributed by atoms with Gasteiger partial charge in [-0.05, 0) is 35.8 Å². The average molecular weight is 415 g/mol. The first-order valence-electron chi connectivity index (χ1n) is 9.97. The largest absolute Gasteiger partial charge is 0.496 e. The van der Waals surface area contributed by atoms with Crippen LogP contribution in [0.25, 0.3) is 11.6 Å². The van der Waals surface area contributed by atoms with Gasteiger partial charge in [-0.1, -0.05) is 72.8 Å². The summed E-state index contributed by atoms with van der Waals surface area (Å²) in [5.74, 6) is -0.302. The molecule has 0 atom stereocenters. The number of hydrogen-bond donors (Lipinski definition) is 1. The van der Waals surface area contributed by atoms with Gasteiger partial charge in [-0.3, -0.25) is 4.79 Å². The van der Waals surface area contributed by atoms with Gasteiger partial charge in [-0.25, -0.2) is 4.79 Å². The number of hydrogen-bond acceptors (Lipinski definition) is 4. The van der Waals surface area contributed by atoms with Gasteiger partial charge in [0, 0.05) is 12.1 Å². The molecule has 0 aliphatic heterocycles. The van der Waals surface area contributed by atoms with Crippen molar-refractivity contribution >= 4 is 23.5 Å². The number of nitrogens with one attached hydrogen (secondary N) is 1. The summed E-state index contributed by atoms with van der Waals surface area (Å²) in [5, 5.41) is 2.79. The van der Waals surface area contributed by atoms with Crippen LogP contribution in [-0.4, -0.2) is 25.6 Å². The molecule has 158 valence electrons. The van der Waals surface area contributed by atoms with Crippen molar-refractivity contribution in [3.05, 3.63) is 101 Å². The van der Waals surface area contributed by atoms with E-state index in [2.05, 4.69) is 5.32 Å². The number of aryl methyl sites for hydroxylation is 1. The van der Waals surface area contributed by atoms with Crippen LogP contribution in [0.15, 0.2) is 78.9 Å². The van der Waals surface area contributed by atoms with Crippen molar-refractivity contribution in [3.63, 3.8) is 0 Å². The fourth-order valence-corrected chi connectivity index (χ4v) is 3.08. The van der Waals surface area contributed by atoms with Crippen LogP contribution in [0.4, 0.5) is 0 Å². The minimum atomic E-state index is -0.580. The summed E-state index contributed by atoms with van der Waals surface area (Å²) in [6, 6.07) is 24.4. The molecule has 0 radical (unpaired) electrons. The fourth-order valence-electron chi connectivity index (χ4n) is 3.08. The second kappa shape index (κ2) is 10.8. The lowest BCUT2D eigenvalue weighted by molar-refractivity contribution is -0.142. The van der Waals surface area contributed by atoms with Crippen molar-refractivity contribution in [2.75, 3.05) is 13.7 Å². The van der Waals surface area contributed by atoms with Crippen molar-refractivity contribution in [1.29, 1.82) is 0 Å². The molecule has 0 saturated carbocycles. The van der Waals surface area contributed by atoms with E-state index in [0.717, 1.165) is 16.7 Å². The van der Waals surface area contributed by atoms with Gasteiger partial charge in [-0.2, -0.15) is 0 Å². The highest BCUT2D eigenvalue weighted by atomic mass is 16.5. The highest BCUT2D eigenvalue weighted by Gasteiger charge is 2.16. The molecule has 0 aliphatic carbocycles. The van der Waals surface area contributed by atoms with Gasteiger partial charge < -0.3 is 14.8 Å². The number of ether oxygens (including phenoxy) is 2. The van der Waals surface area contributed by atoms with Crippen LogP contribution in [0.1, 0.15) is 22.3 Å². The molecule has 31 heavy (non-hydrogen) atoms. The lowest BCUT2D eigenvalue weighted by Gasteiger charge is -2.11. The number of para-hydroxylation sites is 1. The average Bonchev–Trinajstić information content (AvgIpc) is 2.81. The predicted molar refractivity (Wildman–Crippen MR) is 121 cm³/mol. The molecule has 5 heteroatoms. The van der Waals surface area contributed by atoms with Crippen molar-refractivity contribution in [1.82, 2.24) is 5.32 Å². The molecule has 3 rings (SSSR count). The fraction of sp³-hybridized carbons (Fsp3) is 0.154. The Labute approximate surface area is 182 Å². The van der Waals surface area contributed by atoms with Crippen molar-refractivity contribution in [3.8, 4) is 5.75 Å². The Morgan fingerprint density at radius 2 is 1.58 bits per heavy atom. The monoisotopic (exact) mass is 415 g/mol. The van der Waals surface area contributed by atoms with E-state index in [-0.39, 0.29) is 12.5 Å². The SMILES string of the molecule is COc1ccccc1/C=C(/C(=O)OCC(=O)NCc1ccccc1C)c1ccccc1. The van der Waals surface area contributed by atoms with E-state index in [1.165, 1.54) is 0 Å².